The summed E-state index contributed by atoms with van der Waals surface area (Å²) in [6, 6.07) is 7.67. The van der Waals surface area contributed by atoms with Gasteiger partial charge >= 0.3 is 0 Å². The quantitative estimate of drug-likeness (QED) is 0.789. The van der Waals surface area contributed by atoms with Gasteiger partial charge < -0.3 is 5.32 Å². The maximum Gasteiger partial charge on any atom is 0.114 e. The molecule has 1 fully saturated rings. The zero-order valence-corrected chi connectivity index (χ0v) is 9.11. The van der Waals surface area contributed by atoms with Gasteiger partial charge in [-0.3, -0.25) is 0 Å². The maximum absolute atomic E-state index is 12.9. The van der Waals surface area contributed by atoms with Gasteiger partial charge in [-0.15, -0.1) is 12.4 Å². The highest BCUT2D eigenvalue weighted by molar-refractivity contribution is 6.31. The molecule has 1 saturated heterocycles. The summed E-state index contributed by atoms with van der Waals surface area (Å²) in [4.78, 5) is 0. The van der Waals surface area contributed by atoms with E-state index in [1.807, 2.05) is 24.3 Å². The molecule has 0 aromatic heterocycles. The molecule has 1 heterocycles. The van der Waals surface area contributed by atoms with Crippen LogP contribution in [0.4, 0.5) is 4.39 Å². The highest BCUT2D eigenvalue weighted by Crippen LogP contribution is 2.29. The second-order valence-corrected chi connectivity index (χ2v) is 3.72. The molecule has 1 aliphatic heterocycles. The summed E-state index contributed by atoms with van der Waals surface area (Å²) in [6.07, 6.45) is -0.203. The minimum absolute atomic E-state index is 0. The lowest BCUT2D eigenvalue weighted by molar-refractivity contribution is 0.356. The predicted octanol–water partition coefficient (Wildman–Crippen LogP) is 3.13. The van der Waals surface area contributed by atoms with E-state index in [-0.39, 0.29) is 18.4 Å². The number of rotatable bonds is 1. The van der Waals surface area contributed by atoms with Gasteiger partial charge in [-0.2, -0.15) is 0 Å². The molecule has 4 heteroatoms. The summed E-state index contributed by atoms with van der Waals surface area (Å²) in [5, 5.41) is 3.82. The van der Waals surface area contributed by atoms with E-state index >= 15 is 0 Å². The van der Waals surface area contributed by atoms with Gasteiger partial charge in [0.1, 0.15) is 6.17 Å². The highest BCUT2D eigenvalue weighted by atomic mass is 35.5. The van der Waals surface area contributed by atoms with E-state index in [4.69, 9.17) is 11.6 Å². The Kier molecular flexibility index (Phi) is 4.17. The molecule has 2 unspecified atom stereocenters. The summed E-state index contributed by atoms with van der Waals surface area (Å²) in [5.41, 5.74) is 1.00. The van der Waals surface area contributed by atoms with E-state index in [0.29, 0.717) is 18.0 Å². The molecule has 0 amide bonds. The molecule has 1 aromatic rings. The second-order valence-electron chi connectivity index (χ2n) is 3.32. The maximum atomic E-state index is 12.9. The van der Waals surface area contributed by atoms with Gasteiger partial charge in [-0.1, -0.05) is 29.8 Å². The summed E-state index contributed by atoms with van der Waals surface area (Å²) >= 11 is 5.99. The Balaban J connectivity index is 0.000000980. The average Bonchev–Trinajstić information content (AvgIpc) is 2.53. The van der Waals surface area contributed by atoms with Crippen molar-refractivity contribution < 1.29 is 4.39 Å². The Hall–Kier alpha value is -0.310. The normalized spacial score (nSPS) is 25.9. The molecule has 2 rings (SSSR count). The van der Waals surface area contributed by atoms with E-state index in [0.717, 1.165) is 5.56 Å². The third-order valence-electron chi connectivity index (χ3n) is 2.36. The number of halogens is 3. The first-order valence-corrected chi connectivity index (χ1v) is 4.77. The van der Waals surface area contributed by atoms with Crippen molar-refractivity contribution in [1.82, 2.24) is 5.32 Å². The average molecular weight is 236 g/mol. The van der Waals surface area contributed by atoms with Gasteiger partial charge in [0.25, 0.3) is 0 Å². The molecule has 0 spiro atoms. The van der Waals surface area contributed by atoms with Crippen LogP contribution in [-0.2, 0) is 0 Å². The van der Waals surface area contributed by atoms with Crippen LogP contribution in [0.1, 0.15) is 18.0 Å². The van der Waals surface area contributed by atoms with Gasteiger partial charge in [0.2, 0.25) is 0 Å². The smallest absolute Gasteiger partial charge is 0.114 e. The minimum atomic E-state index is -0.735. The van der Waals surface area contributed by atoms with Crippen molar-refractivity contribution in [3.05, 3.63) is 34.9 Å². The van der Waals surface area contributed by atoms with Crippen LogP contribution in [0.2, 0.25) is 5.02 Å². The summed E-state index contributed by atoms with van der Waals surface area (Å²) in [7, 11) is 0. The van der Waals surface area contributed by atoms with Crippen LogP contribution < -0.4 is 5.32 Å². The topological polar surface area (TPSA) is 12.0 Å². The van der Waals surface area contributed by atoms with Crippen LogP contribution in [0.5, 0.6) is 0 Å². The van der Waals surface area contributed by atoms with Crippen LogP contribution in [-0.4, -0.2) is 12.7 Å². The fourth-order valence-corrected chi connectivity index (χ4v) is 1.95. The molecule has 0 bridgehead atoms. The van der Waals surface area contributed by atoms with Crippen LogP contribution in [0.3, 0.4) is 0 Å². The number of hydrogen-bond acceptors (Lipinski definition) is 1. The number of alkyl halides is 1. The van der Waals surface area contributed by atoms with E-state index in [2.05, 4.69) is 5.32 Å². The number of benzene rings is 1. The van der Waals surface area contributed by atoms with Crippen LogP contribution in [0.25, 0.3) is 0 Å². The first-order valence-electron chi connectivity index (χ1n) is 4.39. The third-order valence-corrected chi connectivity index (χ3v) is 2.70. The van der Waals surface area contributed by atoms with Crippen molar-refractivity contribution in [2.45, 2.75) is 18.6 Å². The van der Waals surface area contributed by atoms with Crippen LogP contribution in [0.15, 0.2) is 24.3 Å². The van der Waals surface area contributed by atoms with Gasteiger partial charge in [0, 0.05) is 17.6 Å². The van der Waals surface area contributed by atoms with Crippen molar-refractivity contribution in [2.75, 3.05) is 6.54 Å². The largest absolute Gasteiger partial charge is 0.307 e. The molecule has 1 nitrogen and oxygen atoms in total. The third kappa shape index (κ3) is 2.38. The van der Waals surface area contributed by atoms with E-state index in [1.165, 1.54) is 0 Å². The van der Waals surface area contributed by atoms with E-state index < -0.39 is 6.17 Å². The first-order chi connectivity index (χ1) is 6.27. The molecule has 2 atom stereocenters. The molecule has 1 aromatic carbocycles. The molecular formula is C10H12Cl2FN. The number of nitrogens with one attached hydrogen (secondary N) is 1. The Bertz CT molecular complexity index is 306. The van der Waals surface area contributed by atoms with Crippen molar-refractivity contribution >= 4 is 24.0 Å². The Labute approximate surface area is 94.1 Å². The van der Waals surface area contributed by atoms with Gasteiger partial charge in [-0.05, 0) is 18.1 Å². The summed E-state index contributed by atoms with van der Waals surface area (Å²) < 4.78 is 12.9. The fraction of sp³-hybridized carbons (Fsp3) is 0.400. The van der Waals surface area contributed by atoms with Crippen LogP contribution in [0, 0.1) is 0 Å². The SMILES string of the molecule is Cl.FC1CNC(c2ccccc2Cl)C1. The molecule has 78 valence electrons. The second kappa shape index (κ2) is 4.96. The van der Waals surface area contributed by atoms with Gasteiger partial charge in [0.15, 0.2) is 0 Å². The highest BCUT2D eigenvalue weighted by Gasteiger charge is 2.25. The Morgan fingerprint density at radius 2 is 2.07 bits per heavy atom. The first kappa shape index (κ1) is 11.8. The molecule has 0 aliphatic carbocycles. The molecule has 14 heavy (non-hydrogen) atoms. The lowest BCUT2D eigenvalue weighted by Gasteiger charge is -2.11. The molecule has 1 aliphatic rings. The standard InChI is InChI=1S/C10H11ClFN.ClH/c11-9-4-2-1-3-8(9)10-5-7(12)6-13-10;/h1-4,7,10,13H,5-6H2;1H. The predicted molar refractivity (Wildman–Crippen MR) is 59.0 cm³/mol. The fourth-order valence-electron chi connectivity index (χ4n) is 1.69. The Morgan fingerprint density at radius 1 is 1.36 bits per heavy atom. The molecular weight excluding hydrogens is 224 g/mol. The lowest BCUT2D eigenvalue weighted by Crippen LogP contribution is -2.14. The zero-order chi connectivity index (χ0) is 9.26. The summed E-state index contributed by atoms with van der Waals surface area (Å²) in [5.74, 6) is 0. The van der Waals surface area contributed by atoms with Crippen molar-refractivity contribution in [1.29, 1.82) is 0 Å². The molecule has 0 radical (unpaired) electrons. The molecule has 0 saturated carbocycles. The van der Waals surface area contributed by atoms with Gasteiger partial charge in [-0.25, -0.2) is 4.39 Å². The van der Waals surface area contributed by atoms with Crippen LogP contribution >= 0.6 is 24.0 Å². The zero-order valence-electron chi connectivity index (χ0n) is 7.54. The number of hydrogen-bond donors (Lipinski definition) is 1. The minimum Gasteiger partial charge on any atom is -0.307 e. The van der Waals surface area contributed by atoms with Crippen molar-refractivity contribution in [3.63, 3.8) is 0 Å². The monoisotopic (exact) mass is 235 g/mol. The van der Waals surface area contributed by atoms with Crippen molar-refractivity contribution in [3.8, 4) is 0 Å². The Morgan fingerprint density at radius 3 is 2.64 bits per heavy atom. The molecule has 1 N–H and O–H groups in total. The van der Waals surface area contributed by atoms with Gasteiger partial charge in [0.05, 0.1) is 0 Å². The van der Waals surface area contributed by atoms with E-state index in [1.54, 1.807) is 0 Å². The van der Waals surface area contributed by atoms with Crippen molar-refractivity contribution in [2.24, 2.45) is 0 Å². The summed E-state index contributed by atoms with van der Waals surface area (Å²) in [6.45, 7) is 0.440. The van der Waals surface area contributed by atoms with E-state index in [9.17, 15) is 4.39 Å². The lowest BCUT2D eigenvalue weighted by atomic mass is 10.1.